The van der Waals surface area contributed by atoms with Crippen LogP contribution in [0.5, 0.6) is 0 Å². The molecule has 1 rings (SSSR count). The van der Waals surface area contributed by atoms with E-state index in [0.29, 0.717) is 17.5 Å². The van der Waals surface area contributed by atoms with Crippen molar-refractivity contribution in [2.75, 3.05) is 12.3 Å². The quantitative estimate of drug-likeness (QED) is 0.510. The van der Waals surface area contributed by atoms with Gasteiger partial charge in [-0.25, -0.2) is 9.89 Å². The van der Waals surface area contributed by atoms with E-state index in [2.05, 4.69) is 29.4 Å². The van der Waals surface area contributed by atoms with Crippen molar-refractivity contribution in [3.8, 4) is 0 Å². The fraction of sp³-hybridized carbons (Fsp3) is 0.769. The van der Waals surface area contributed by atoms with Gasteiger partial charge in [0.15, 0.2) is 5.16 Å². The fourth-order valence-electron chi connectivity index (χ4n) is 1.71. The number of aromatic nitrogens is 3. The van der Waals surface area contributed by atoms with Gasteiger partial charge in [-0.1, -0.05) is 44.9 Å². The van der Waals surface area contributed by atoms with Crippen LogP contribution in [-0.4, -0.2) is 33.0 Å². The van der Waals surface area contributed by atoms with Crippen molar-refractivity contribution in [2.45, 2.75) is 57.7 Å². The lowest BCUT2D eigenvalue weighted by atomic mass is 10.2. The van der Waals surface area contributed by atoms with E-state index in [-0.39, 0.29) is 11.6 Å². The van der Waals surface area contributed by atoms with Crippen LogP contribution in [0.1, 0.15) is 46.0 Å². The van der Waals surface area contributed by atoms with E-state index in [0.717, 1.165) is 38.6 Å². The number of thioether (sulfide) groups is 1. The second-order valence-corrected chi connectivity index (χ2v) is 5.60. The zero-order valence-corrected chi connectivity index (χ0v) is 13.1. The molecule has 2 N–H and O–H groups in total. The summed E-state index contributed by atoms with van der Waals surface area (Å²) in [4.78, 5) is 23.2. The van der Waals surface area contributed by atoms with Crippen molar-refractivity contribution < 1.29 is 4.79 Å². The Hall–Kier alpha value is -1.24. The van der Waals surface area contributed by atoms with Crippen LogP contribution in [0.2, 0.25) is 0 Å². The van der Waals surface area contributed by atoms with Crippen LogP contribution >= 0.6 is 11.8 Å². The molecule has 7 heteroatoms. The van der Waals surface area contributed by atoms with E-state index < -0.39 is 0 Å². The number of aromatic amines is 1. The zero-order chi connectivity index (χ0) is 14.8. The summed E-state index contributed by atoms with van der Waals surface area (Å²) in [6, 6.07) is 0. The van der Waals surface area contributed by atoms with Crippen molar-refractivity contribution >= 4 is 17.7 Å². The molecule has 0 aliphatic carbocycles. The summed E-state index contributed by atoms with van der Waals surface area (Å²) in [7, 11) is 0. The van der Waals surface area contributed by atoms with Crippen LogP contribution in [-0.2, 0) is 11.3 Å². The van der Waals surface area contributed by atoms with Gasteiger partial charge >= 0.3 is 5.69 Å². The number of amides is 1. The number of hydrogen-bond acceptors (Lipinski definition) is 4. The average Bonchev–Trinajstić information content (AvgIpc) is 2.79. The SMILES string of the molecule is CCCCCNC(=O)CSc1n[nH]c(=O)n1CCCC. The van der Waals surface area contributed by atoms with Gasteiger partial charge in [-0.3, -0.25) is 9.36 Å². The summed E-state index contributed by atoms with van der Waals surface area (Å²) in [5.41, 5.74) is -0.204. The minimum absolute atomic E-state index is 0.0106. The zero-order valence-electron chi connectivity index (χ0n) is 12.3. The number of H-pyrrole nitrogens is 1. The number of hydrogen-bond donors (Lipinski definition) is 2. The first-order valence-corrected chi connectivity index (χ1v) is 8.22. The molecule has 0 bridgehead atoms. The Bertz CT molecular complexity index is 455. The third-order valence-electron chi connectivity index (χ3n) is 2.89. The lowest BCUT2D eigenvalue weighted by Gasteiger charge is -2.05. The minimum atomic E-state index is -0.204. The normalized spacial score (nSPS) is 10.7. The highest BCUT2D eigenvalue weighted by atomic mass is 32.2. The van der Waals surface area contributed by atoms with E-state index in [1.54, 1.807) is 4.57 Å². The number of carbonyl (C=O) groups is 1. The van der Waals surface area contributed by atoms with E-state index in [1.165, 1.54) is 11.8 Å². The third kappa shape index (κ3) is 5.81. The molecular weight excluding hydrogens is 276 g/mol. The van der Waals surface area contributed by atoms with Gasteiger partial charge in [-0.05, 0) is 12.8 Å². The molecular formula is C13H24N4O2S. The minimum Gasteiger partial charge on any atom is -0.355 e. The van der Waals surface area contributed by atoms with Crippen molar-refractivity contribution in [3.05, 3.63) is 10.5 Å². The Morgan fingerprint density at radius 3 is 2.75 bits per heavy atom. The van der Waals surface area contributed by atoms with Gasteiger partial charge in [0.25, 0.3) is 0 Å². The maximum absolute atomic E-state index is 11.7. The van der Waals surface area contributed by atoms with Gasteiger partial charge in [0.1, 0.15) is 0 Å². The first-order valence-electron chi connectivity index (χ1n) is 7.23. The van der Waals surface area contributed by atoms with Crippen LogP contribution < -0.4 is 11.0 Å². The summed E-state index contributed by atoms with van der Waals surface area (Å²) in [6.07, 6.45) is 5.22. The molecule has 0 aromatic carbocycles. The highest BCUT2D eigenvalue weighted by molar-refractivity contribution is 7.99. The number of nitrogens with zero attached hydrogens (tertiary/aromatic N) is 2. The van der Waals surface area contributed by atoms with E-state index in [1.807, 2.05) is 0 Å². The number of carbonyl (C=O) groups excluding carboxylic acids is 1. The maximum Gasteiger partial charge on any atom is 0.343 e. The van der Waals surface area contributed by atoms with E-state index >= 15 is 0 Å². The van der Waals surface area contributed by atoms with Crippen molar-refractivity contribution in [1.82, 2.24) is 20.1 Å². The molecule has 0 radical (unpaired) electrons. The van der Waals surface area contributed by atoms with Crippen LogP contribution in [0.15, 0.2) is 9.95 Å². The molecule has 0 saturated heterocycles. The van der Waals surface area contributed by atoms with Gasteiger partial charge in [0.2, 0.25) is 5.91 Å². The average molecular weight is 300 g/mol. The first-order chi connectivity index (χ1) is 9.69. The largest absolute Gasteiger partial charge is 0.355 e. The van der Waals surface area contributed by atoms with Gasteiger partial charge in [-0.2, -0.15) is 0 Å². The van der Waals surface area contributed by atoms with Crippen LogP contribution in [0.4, 0.5) is 0 Å². The highest BCUT2D eigenvalue weighted by Crippen LogP contribution is 2.13. The lowest BCUT2D eigenvalue weighted by molar-refractivity contribution is -0.118. The summed E-state index contributed by atoms with van der Waals surface area (Å²) in [5.74, 6) is 0.284. The number of unbranched alkanes of at least 4 members (excludes halogenated alkanes) is 3. The smallest absolute Gasteiger partial charge is 0.343 e. The van der Waals surface area contributed by atoms with Gasteiger partial charge in [0.05, 0.1) is 5.75 Å². The highest BCUT2D eigenvalue weighted by Gasteiger charge is 2.10. The second-order valence-electron chi connectivity index (χ2n) is 4.66. The Morgan fingerprint density at radius 1 is 1.30 bits per heavy atom. The van der Waals surface area contributed by atoms with Gasteiger partial charge in [0, 0.05) is 13.1 Å². The predicted octanol–water partition coefficient (Wildman–Crippen LogP) is 1.77. The molecule has 1 aromatic heterocycles. The van der Waals surface area contributed by atoms with Crippen molar-refractivity contribution in [3.63, 3.8) is 0 Å². The molecule has 0 unspecified atom stereocenters. The summed E-state index contributed by atoms with van der Waals surface area (Å²) in [5, 5.41) is 9.86. The monoisotopic (exact) mass is 300 g/mol. The Labute approximate surface area is 123 Å². The van der Waals surface area contributed by atoms with E-state index in [4.69, 9.17) is 0 Å². The molecule has 0 fully saturated rings. The third-order valence-corrected chi connectivity index (χ3v) is 3.87. The van der Waals surface area contributed by atoms with Gasteiger partial charge in [-0.15, -0.1) is 5.10 Å². The number of rotatable bonds is 10. The van der Waals surface area contributed by atoms with Crippen LogP contribution in [0.3, 0.4) is 0 Å². The Kier molecular flexibility index (Phi) is 8.10. The molecule has 0 aliphatic heterocycles. The number of nitrogens with one attached hydrogen (secondary N) is 2. The van der Waals surface area contributed by atoms with Gasteiger partial charge < -0.3 is 5.32 Å². The lowest BCUT2D eigenvalue weighted by Crippen LogP contribution is -2.26. The second kappa shape index (κ2) is 9.63. The molecule has 6 nitrogen and oxygen atoms in total. The van der Waals surface area contributed by atoms with E-state index in [9.17, 15) is 9.59 Å². The first kappa shape index (κ1) is 16.8. The molecule has 20 heavy (non-hydrogen) atoms. The fourth-order valence-corrected chi connectivity index (χ4v) is 2.51. The molecule has 0 atom stereocenters. The van der Waals surface area contributed by atoms with Crippen LogP contribution in [0.25, 0.3) is 0 Å². The summed E-state index contributed by atoms with van der Waals surface area (Å²) < 4.78 is 1.60. The molecule has 114 valence electrons. The standard InChI is InChI=1S/C13H24N4O2S/c1-3-5-7-8-14-11(18)10-20-13-16-15-12(19)17(13)9-6-4-2/h3-10H2,1-2H3,(H,14,18)(H,15,19). The molecule has 1 heterocycles. The molecule has 1 amide bonds. The Morgan fingerprint density at radius 2 is 2.05 bits per heavy atom. The maximum atomic E-state index is 11.7. The summed E-state index contributed by atoms with van der Waals surface area (Å²) >= 11 is 1.30. The predicted molar refractivity (Wildman–Crippen MR) is 81.0 cm³/mol. The molecule has 0 spiro atoms. The van der Waals surface area contributed by atoms with Crippen LogP contribution in [0, 0.1) is 0 Å². The molecule has 0 aliphatic rings. The summed E-state index contributed by atoms with van der Waals surface area (Å²) in [6.45, 7) is 5.56. The molecule has 1 aromatic rings. The topological polar surface area (TPSA) is 79.8 Å². The van der Waals surface area contributed by atoms with Crippen molar-refractivity contribution in [1.29, 1.82) is 0 Å². The van der Waals surface area contributed by atoms with Crippen molar-refractivity contribution in [2.24, 2.45) is 0 Å². The Balaban J connectivity index is 2.37. The molecule has 0 saturated carbocycles.